The molecule has 2 N–H and O–H groups in total. The molecule has 0 aromatic rings. The number of hydrogen-bond donors (Lipinski definition) is 1. The van der Waals surface area contributed by atoms with Gasteiger partial charge in [-0.1, -0.05) is 0 Å². The van der Waals surface area contributed by atoms with Crippen LogP contribution in [-0.2, 0) is 4.74 Å². The summed E-state index contributed by atoms with van der Waals surface area (Å²) in [6, 6.07) is 0.852. The highest BCUT2D eigenvalue weighted by Gasteiger charge is 2.52. The van der Waals surface area contributed by atoms with Crippen molar-refractivity contribution < 1.29 is 4.74 Å². The predicted molar refractivity (Wildman–Crippen MR) is 41.1 cm³/mol. The van der Waals surface area contributed by atoms with Gasteiger partial charge in [0.1, 0.15) is 6.10 Å². The number of nitrogens with two attached hydrogens (primary N) is 1. The van der Waals surface area contributed by atoms with Gasteiger partial charge in [0.15, 0.2) is 0 Å². The molecular formula is C8H12N2O. The van der Waals surface area contributed by atoms with Gasteiger partial charge in [-0.15, -0.1) is 0 Å². The lowest BCUT2D eigenvalue weighted by molar-refractivity contribution is 0.134. The molecule has 2 saturated carbocycles. The van der Waals surface area contributed by atoms with Crippen molar-refractivity contribution in [1.82, 2.24) is 0 Å². The van der Waals surface area contributed by atoms with Crippen LogP contribution in [0, 0.1) is 11.8 Å². The van der Waals surface area contributed by atoms with Gasteiger partial charge in [-0.3, -0.25) is 0 Å². The molecule has 2 aliphatic carbocycles. The molecular weight excluding hydrogens is 140 g/mol. The first-order valence-corrected chi connectivity index (χ1v) is 4.34. The topological polar surface area (TPSA) is 47.6 Å². The van der Waals surface area contributed by atoms with E-state index in [4.69, 9.17) is 10.5 Å². The number of amidine groups is 1. The average molecular weight is 152 g/mol. The highest BCUT2D eigenvalue weighted by atomic mass is 16.5. The van der Waals surface area contributed by atoms with Gasteiger partial charge < -0.3 is 10.5 Å². The molecule has 4 atom stereocenters. The van der Waals surface area contributed by atoms with Gasteiger partial charge in [0.2, 0.25) is 0 Å². The molecule has 2 bridgehead atoms. The van der Waals surface area contributed by atoms with Gasteiger partial charge in [0, 0.05) is 0 Å². The fourth-order valence-electron chi connectivity index (χ4n) is 2.87. The van der Waals surface area contributed by atoms with Crippen LogP contribution in [0.3, 0.4) is 0 Å². The van der Waals surface area contributed by atoms with Crippen LogP contribution in [0.15, 0.2) is 4.99 Å². The maximum Gasteiger partial charge on any atom is 0.282 e. The Kier molecular flexibility index (Phi) is 0.910. The lowest BCUT2D eigenvalue weighted by Crippen LogP contribution is -2.29. The third-order valence-electron chi connectivity index (χ3n) is 3.33. The molecule has 1 heterocycles. The zero-order valence-electron chi connectivity index (χ0n) is 6.36. The van der Waals surface area contributed by atoms with Crippen LogP contribution >= 0.6 is 0 Å². The zero-order valence-corrected chi connectivity index (χ0v) is 6.36. The first kappa shape index (κ1) is 5.86. The minimum atomic E-state index is 0.355. The van der Waals surface area contributed by atoms with Gasteiger partial charge in [-0.05, 0) is 31.1 Å². The average Bonchev–Trinajstić information content (AvgIpc) is 2.53. The lowest BCUT2D eigenvalue weighted by atomic mass is 9.94. The summed E-state index contributed by atoms with van der Waals surface area (Å²) in [4.78, 5) is 4.31. The van der Waals surface area contributed by atoms with E-state index in [2.05, 4.69) is 4.99 Å². The quantitative estimate of drug-likeness (QED) is 0.549. The number of nitrogens with zero attached hydrogens (tertiary/aromatic N) is 1. The smallest absolute Gasteiger partial charge is 0.282 e. The van der Waals surface area contributed by atoms with Crippen molar-refractivity contribution >= 4 is 6.02 Å². The van der Waals surface area contributed by atoms with E-state index in [0.717, 1.165) is 11.8 Å². The number of hydrogen-bond acceptors (Lipinski definition) is 3. The Bertz CT molecular complexity index is 226. The highest BCUT2D eigenvalue weighted by Crippen LogP contribution is 2.49. The summed E-state index contributed by atoms with van der Waals surface area (Å²) in [5.41, 5.74) is 5.50. The zero-order chi connectivity index (χ0) is 7.42. The van der Waals surface area contributed by atoms with E-state index in [9.17, 15) is 0 Å². The van der Waals surface area contributed by atoms with Gasteiger partial charge >= 0.3 is 0 Å². The number of aliphatic imine (C=N–C) groups is 1. The highest BCUT2D eigenvalue weighted by molar-refractivity contribution is 5.73. The molecule has 0 spiro atoms. The van der Waals surface area contributed by atoms with Crippen LogP contribution in [0.25, 0.3) is 0 Å². The third kappa shape index (κ3) is 0.613. The summed E-state index contributed by atoms with van der Waals surface area (Å²) in [5.74, 6) is 1.54. The van der Waals surface area contributed by atoms with Gasteiger partial charge in [-0.25, -0.2) is 4.99 Å². The van der Waals surface area contributed by atoms with Crippen molar-refractivity contribution in [3.05, 3.63) is 0 Å². The second kappa shape index (κ2) is 1.71. The maximum absolute atomic E-state index is 5.50. The third-order valence-corrected chi connectivity index (χ3v) is 3.33. The number of ether oxygens (including phenoxy) is 1. The summed E-state index contributed by atoms with van der Waals surface area (Å²) in [6.07, 6.45) is 4.35. The van der Waals surface area contributed by atoms with E-state index in [-0.39, 0.29) is 0 Å². The van der Waals surface area contributed by atoms with Crippen LogP contribution in [0.5, 0.6) is 0 Å². The Morgan fingerprint density at radius 2 is 2.18 bits per heavy atom. The normalized spacial score (nSPS) is 52.2. The van der Waals surface area contributed by atoms with Gasteiger partial charge in [-0.2, -0.15) is 0 Å². The molecule has 2 fully saturated rings. The predicted octanol–water partition coefficient (Wildman–Crippen LogP) is 0.498. The lowest BCUT2D eigenvalue weighted by Gasteiger charge is -2.20. The van der Waals surface area contributed by atoms with Crippen LogP contribution in [0.4, 0.5) is 0 Å². The minimum absolute atomic E-state index is 0.355. The summed E-state index contributed by atoms with van der Waals surface area (Å²) >= 11 is 0. The van der Waals surface area contributed by atoms with Gasteiger partial charge in [0.25, 0.3) is 6.02 Å². The molecule has 60 valence electrons. The van der Waals surface area contributed by atoms with Crippen molar-refractivity contribution in [2.24, 2.45) is 22.6 Å². The summed E-state index contributed by atoms with van der Waals surface area (Å²) in [7, 11) is 0. The number of fused-ring (bicyclic) bond motifs is 5. The van der Waals surface area contributed by atoms with Crippen molar-refractivity contribution in [2.45, 2.75) is 31.4 Å². The first-order chi connectivity index (χ1) is 5.34. The van der Waals surface area contributed by atoms with Crippen LogP contribution < -0.4 is 5.73 Å². The molecule has 3 aliphatic rings. The minimum Gasteiger partial charge on any atom is -0.460 e. The largest absolute Gasteiger partial charge is 0.460 e. The Balaban J connectivity index is 1.94. The Labute approximate surface area is 65.6 Å². The van der Waals surface area contributed by atoms with Crippen molar-refractivity contribution in [3.8, 4) is 0 Å². The standard InChI is InChI=1S/C8H12N2O/c9-8-10-6-4-1-2-5(3-4)7(6)11-8/h4-7H,1-3H2,(H2,9,10)/t4?,5?,6-,7+/m1/s1. The van der Waals surface area contributed by atoms with Crippen LogP contribution in [-0.4, -0.2) is 18.2 Å². The van der Waals surface area contributed by atoms with E-state index in [1.54, 1.807) is 0 Å². The second-order valence-corrected chi connectivity index (χ2v) is 3.87. The molecule has 3 rings (SSSR count). The molecule has 1 aliphatic heterocycles. The second-order valence-electron chi connectivity index (χ2n) is 3.87. The summed E-state index contributed by atoms with van der Waals surface area (Å²) < 4.78 is 5.45. The van der Waals surface area contributed by atoms with E-state index < -0.39 is 0 Å². The Hall–Kier alpha value is -0.730. The van der Waals surface area contributed by atoms with Crippen molar-refractivity contribution in [2.75, 3.05) is 0 Å². The molecule has 0 radical (unpaired) electrons. The molecule has 11 heavy (non-hydrogen) atoms. The molecule has 2 unspecified atom stereocenters. The van der Waals surface area contributed by atoms with Crippen LogP contribution in [0.2, 0.25) is 0 Å². The van der Waals surface area contributed by atoms with Crippen LogP contribution in [0.1, 0.15) is 19.3 Å². The Morgan fingerprint density at radius 1 is 1.36 bits per heavy atom. The maximum atomic E-state index is 5.50. The molecule has 0 aromatic carbocycles. The first-order valence-electron chi connectivity index (χ1n) is 4.34. The molecule has 0 aromatic heterocycles. The monoisotopic (exact) mass is 152 g/mol. The van der Waals surface area contributed by atoms with E-state index in [0.29, 0.717) is 18.2 Å². The van der Waals surface area contributed by atoms with E-state index >= 15 is 0 Å². The fraction of sp³-hybridized carbons (Fsp3) is 0.875. The number of rotatable bonds is 0. The summed E-state index contributed by atoms with van der Waals surface area (Å²) in [6.45, 7) is 0. The Morgan fingerprint density at radius 3 is 3.00 bits per heavy atom. The SMILES string of the molecule is NC1=N[C@@H]2C3CCC(C3)[C@@H]2O1. The molecule has 0 saturated heterocycles. The molecule has 3 nitrogen and oxygen atoms in total. The molecule has 3 heteroatoms. The van der Waals surface area contributed by atoms with Crippen molar-refractivity contribution in [3.63, 3.8) is 0 Å². The van der Waals surface area contributed by atoms with E-state index in [1.807, 2.05) is 0 Å². The van der Waals surface area contributed by atoms with Crippen molar-refractivity contribution in [1.29, 1.82) is 0 Å². The summed E-state index contributed by atoms with van der Waals surface area (Å²) in [5, 5.41) is 0. The fourth-order valence-corrected chi connectivity index (χ4v) is 2.87. The van der Waals surface area contributed by atoms with Gasteiger partial charge in [0.05, 0.1) is 6.04 Å². The molecule has 0 amide bonds. The van der Waals surface area contributed by atoms with E-state index in [1.165, 1.54) is 19.3 Å².